The molecule has 0 amide bonds. The van der Waals surface area contributed by atoms with Crippen molar-refractivity contribution in [2.45, 2.75) is 13.0 Å². The third-order valence-corrected chi connectivity index (χ3v) is 1.64. The van der Waals surface area contributed by atoms with Crippen LogP contribution in [-0.4, -0.2) is 37.2 Å². The maximum absolute atomic E-state index is 5.34. The zero-order chi connectivity index (χ0) is 7.40. The molecule has 0 bridgehead atoms. The normalized spacial score (nSPS) is 20.0. The molecular weight excluding hydrogens is 126 g/mol. The van der Waals surface area contributed by atoms with Gasteiger partial charge < -0.3 is 4.74 Å². The molecule has 0 spiro atoms. The van der Waals surface area contributed by atoms with Crippen molar-refractivity contribution in [1.29, 1.82) is 0 Å². The van der Waals surface area contributed by atoms with Crippen LogP contribution in [-0.2, 0) is 4.74 Å². The van der Waals surface area contributed by atoms with Gasteiger partial charge in [0.15, 0.2) is 0 Å². The number of likely N-dealkylation sites (tertiary alicyclic amines) is 1. The Morgan fingerprint density at radius 2 is 2.40 bits per heavy atom. The van der Waals surface area contributed by atoms with Gasteiger partial charge in [-0.3, -0.25) is 4.90 Å². The lowest BCUT2D eigenvalue weighted by Crippen LogP contribution is -2.52. The standard InChI is InChI=1S/C8H13NO/c1-3-5-9-6-8(7-9)10-4-2/h1,8H,4-7H2,2H3. The Bertz CT molecular complexity index is 133. The number of hydrogen-bond acceptors (Lipinski definition) is 2. The molecule has 1 fully saturated rings. The highest BCUT2D eigenvalue weighted by molar-refractivity contribution is 4.93. The Labute approximate surface area is 62.2 Å². The number of rotatable bonds is 3. The van der Waals surface area contributed by atoms with E-state index in [0.717, 1.165) is 26.2 Å². The second kappa shape index (κ2) is 3.60. The summed E-state index contributed by atoms with van der Waals surface area (Å²) in [6.45, 7) is 5.62. The molecule has 0 radical (unpaired) electrons. The molecule has 0 aliphatic carbocycles. The molecule has 1 aliphatic heterocycles. The Morgan fingerprint density at radius 1 is 1.70 bits per heavy atom. The van der Waals surface area contributed by atoms with Gasteiger partial charge in [-0.15, -0.1) is 6.42 Å². The van der Waals surface area contributed by atoms with E-state index in [1.165, 1.54) is 0 Å². The van der Waals surface area contributed by atoms with Crippen molar-refractivity contribution in [3.63, 3.8) is 0 Å². The molecule has 0 aromatic rings. The monoisotopic (exact) mass is 139 g/mol. The minimum Gasteiger partial charge on any atom is -0.376 e. The Morgan fingerprint density at radius 3 is 2.90 bits per heavy atom. The van der Waals surface area contributed by atoms with Crippen molar-refractivity contribution >= 4 is 0 Å². The van der Waals surface area contributed by atoms with Crippen molar-refractivity contribution < 1.29 is 4.74 Å². The first-order valence-corrected chi connectivity index (χ1v) is 3.64. The van der Waals surface area contributed by atoms with Crippen LogP contribution in [0.1, 0.15) is 6.92 Å². The summed E-state index contributed by atoms with van der Waals surface area (Å²) in [5.74, 6) is 2.60. The molecular formula is C8H13NO. The van der Waals surface area contributed by atoms with E-state index in [2.05, 4.69) is 10.8 Å². The van der Waals surface area contributed by atoms with Crippen LogP contribution in [0.4, 0.5) is 0 Å². The average Bonchev–Trinajstić information content (AvgIpc) is 1.84. The summed E-state index contributed by atoms with van der Waals surface area (Å²) in [7, 11) is 0. The van der Waals surface area contributed by atoms with E-state index in [1.54, 1.807) is 0 Å². The van der Waals surface area contributed by atoms with Gasteiger partial charge in [-0.25, -0.2) is 0 Å². The van der Waals surface area contributed by atoms with E-state index in [9.17, 15) is 0 Å². The summed E-state index contributed by atoms with van der Waals surface area (Å²) in [6.07, 6.45) is 5.57. The minimum absolute atomic E-state index is 0.443. The van der Waals surface area contributed by atoms with Crippen LogP contribution < -0.4 is 0 Å². The molecule has 1 aliphatic rings. The van der Waals surface area contributed by atoms with Crippen LogP contribution in [0.5, 0.6) is 0 Å². The first-order valence-electron chi connectivity index (χ1n) is 3.64. The lowest BCUT2D eigenvalue weighted by molar-refractivity contribution is -0.0435. The SMILES string of the molecule is C#CCN1CC(OCC)C1. The minimum atomic E-state index is 0.443. The lowest BCUT2D eigenvalue weighted by atomic mass is 10.2. The fraction of sp³-hybridized carbons (Fsp3) is 0.750. The maximum atomic E-state index is 5.34. The first kappa shape index (κ1) is 7.59. The van der Waals surface area contributed by atoms with E-state index in [1.807, 2.05) is 6.92 Å². The van der Waals surface area contributed by atoms with Crippen molar-refractivity contribution in [3.8, 4) is 12.3 Å². The quantitative estimate of drug-likeness (QED) is 0.523. The second-order valence-corrected chi connectivity index (χ2v) is 2.48. The third-order valence-electron chi connectivity index (χ3n) is 1.64. The van der Waals surface area contributed by atoms with Gasteiger partial charge in [-0.2, -0.15) is 0 Å². The van der Waals surface area contributed by atoms with Gasteiger partial charge in [-0.05, 0) is 6.92 Å². The Balaban J connectivity index is 2.02. The van der Waals surface area contributed by atoms with Gasteiger partial charge in [0, 0.05) is 19.7 Å². The van der Waals surface area contributed by atoms with Crippen molar-refractivity contribution in [2.24, 2.45) is 0 Å². The van der Waals surface area contributed by atoms with E-state index >= 15 is 0 Å². The molecule has 0 saturated carbocycles. The number of terminal acetylenes is 1. The molecule has 0 aromatic heterocycles. The maximum Gasteiger partial charge on any atom is 0.0829 e. The van der Waals surface area contributed by atoms with Crippen molar-refractivity contribution in [2.75, 3.05) is 26.2 Å². The second-order valence-electron chi connectivity index (χ2n) is 2.48. The van der Waals surface area contributed by atoms with Gasteiger partial charge in [0.05, 0.1) is 12.6 Å². The van der Waals surface area contributed by atoms with Crippen LogP contribution >= 0.6 is 0 Å². The van der Waals surface area contributed by atoms with E-state index in [4.69, 9.17) is 11.2 Å². The summed E-state index contributed by atoms with van der Waals surface area (Å²) in [6, 6.07) is 0. The topological polar surface area (TPSA) is 12.5 Å². The van der Waals surface area contributed by atoms with Crippen molar-refractivity contribution in [1.82, 2.24) is 4.90 Å². The molecule has 56 valence electrons. The van der Waals surface area contributed by atoms with Crippen LogP contribution in [0.2, 0.25) is 0 Å². The van der Waals surface area contributed by atoms with Gasteiger partial charge in [0.2, 0.25) is 0 Å². The molecule has 0 atom stereocenters. The van der Waals surface area contributed by atoms with E-state index in [-0.39, 0.29) is 0 Å². The molecule has 0 unspecified atom stereocenters. The summed E-state index contributed by atoms with van der Waals surface area (Å²) in [5, 5.41) is 0. The molecule has 1 saturated heterocycles. The Kier molecular flexibility index (Phi) is 2.73. The molecule has 1 heterocycles. The number of hydrogen-bond donors (Lipinski definition) is 0. The van der Waals surface area contributed by atoms with E-state index < -0.39 is 0 Å². The molecule has 2 nitrogen and oxygen atoms in total. The number of nitrogens with zero attached hydrogens (tertiary/aromatic N) is 1. The summed E-state index contributed by atoms with van der Waals surface area (Å²) in [5.41, 5.74) is 0. The molecule has 0 N–H and O–H groups in total. The summed E-state index contributed by atoms with van der Waals surface area (Å²) >= 11 is 0. The van der Waals surface area contributed by atoms with E-state index in [0.29, 0.717) is 6.10 Å². The summed E-state index contributed by atoms with van der Waals surface area (Å²) < 4.78 is 5.34. The highest BCUT2D eigenvalue weighted by Crippen LogP contribution is 2.09. The van der Waals surface area contributed by atoms with Crippen LogP contribution in [0.15, 0.2) is 0 Å². The van der Waals surface area contributed by atoms with Crippen molar-refractivity contribution in [3.05, 3.63) is 0 Å². The number of ether oxygens (including phenoxy) is 1. The Hall–Kier alpha value is -0.520. The predicted octanol–water partition coefficient (Wildman–Crippen LogP) is 0.340. The van der Waals surface area contributed by atoms with Crippen LogP contribution in [0.3, 0.4) is 0 Å². The highest BCUT2D eigenvalue weighted by atomic mass is 16.5. The van der Waals surface area contributed by atoms with Gasteiger partial charge in [-0.1, -0.05) is 5.92 Å². The third kappa shape index (κ3) is 1.73. The van der Waals surface area contributed by atoms with Crippen LogP contribution in [0.25, 0.3) is 0 Å². The fourth-order valence-electron chi connectivity index (χ4n) is 1.12. The molecule has 1 rings (SSSR count). The smallest absolute Gasteiger partial charge is 0.0829 e. The zero-order valence-electron chi connectivity index (χ0n) is 6.34. The molecule has 10 heavy (non-hydrogen) atoms. The largest absolute Gasteiger partial charge is 0.376 e. The fourth-order valence-corrected chi connectivity index (χ4v) is 1.12. The summed E-state index contributed by atoms with van der Waals surface area (Å²) in [4.78, 5) is 2.19. The predicted molar refractivity (Wildman–Crippen MR) is 40.7 cm³/mol. The lowest BCUT2D eigenvalue weighted by Gasteiger charge is -2.37. The average molecular weight is 139 g/mol. The highest BCUT2D eigenvalue weighted by Gasteiger charge is 2.25. The first-order chi connectivity index (χ1) is 4.86. The van der Waals surface area contributed by atoms with Gasteiger partial charge in [0.25, 0.3) is 0 Å². The molecule has 2 heteroatoms. The van der Waals surface area contributed by atoms with Gasteiger partial charge >= 0.3 is 0 Å². The van der Waals surface area contributed by atoms with Gasteiger partial charge in [0.1, 0.15) is 0 Å². The molecule has 0 aromatic carbocycles. The van der Waals surface area contributed by atoms with Crippen LogP contribution in [0, 0.1) is 12.3 Å². The zero-order valence-corrected chi connectivity index (χ0v) is 6.34.